The van der Waals surface area contributed by atoms with E-state index in [2.05, 4.69) is 19.2 Å². The SMILES string of the molecule is CC(N[C@H](C)CCO)c1ccoc1. The highest BCUT2D eigenvalue weighted by Gasteiger charge is 2.09. The van der Waals surface area contributed by atoms with Gasteiger partial charge in [0, 0.05) is 24.3 Å². The van der Waals surface area contributed by atoms with Crippen LogP contribution >= 0.6 is 0 Å². The summed E-state index contributed by atoms with van der Waals surface area (Å²) in [6.45, 7) is 4.37. The van der Waals surface area contributed by atoms with Gasteiger partial charge in [-0.15, -0.1) is 0 Å². The number of rotatable bonds is 5. The van der Waals surface area contributed by atoms with E-state index in [0.717, 1.165) is 12.0 Å². The molecule has 0 aliphatic rings. The standard InChI is InChI=1S/C10H17NO2/c1-8(3-5-12)11-9(2)10-4-6-13-7-10/h4,6-9,11-12H,3,5H2,1-2H3/t8-,9?/m1/s1. The van der Waals surface area contributed by atoms with Crippen LogP contribution < -0.4 is 5.32 Å². The molecule has 0 amide bonds. The molecule has 1 rings (SSSR count). The van der Waals surface area contributed by atoms with Crippen molar-refractivity contribution in [3.05, 3.63) is 24.2 Å². The van der Waals surface area contributed by atoms with E-state index in [1.165, 1.54) is 0 Å². The summed E-state index contributed by atoms with van der Waals surface area (Å²) in [4.78, 5) is 0. The molecule has 0 aromatic carbocycles. The minimum absolute atomic E-state index is 0.228. The van der Waals surface area contributed by atoms with Crippen LogP contribution in [0.25, 0.3) is 0 Å². The van der Waals surface area contributed by atoms with Crippen LogP contribution in [-0.2, 0) is 0 Å². The third-order valence-electron chi connectivity index (χ3n) is 2.14. The average Bonchev–Trinajstić information content (AvgIpc) is 2.55. The van der Waals surface area contributed by atoms with E-state index in [4.69, 9.17) is 9.52 Å². The summed E-state index contributed by atoms with van der Waals surface area (Å²) in [5.74, 6) is 0. The monoisotopic (exact) mass is 183 g/mol. The van der Waals surface area contributed by atoms with E-state index < -0.39 is 0 Å². The first-order chi connectivity index (χ1) is 6.24. The molecule has 0 radical (unpaired) electrons. The predicted octanol–water partition coefficient (Wildman–Crippen LogP) is 1.70. The fraction of sp³-hybridized carbons (Fsp3) is 0.600. The van der Waals surface area contributed by atoms with Crippen molar-refractivity contribution in [2.75, 3.05) is 6.61 Å². The molecule has 0 fully saturated rings. The highest BCUT2D eigenvalue weighted by molar-refractivity contribution is 5.10. The van der Waals surface area contributed by atoms with E-state index in [0.29, 0.717) is 6.04 Å². The Hall–Kier alpha value is -0.800. The first-order valence-corrected chi connectivity index (χ1v) is 4.63. The van der Waals surface area contributed by atoms with Crippen LogP contribution in [0.5, 0.6) is 0 Å². The predicted molar refractivity (Wildman–Crippen MR) is 51.4 cm³/mol. The molecule has 2 atom stereocenters. The molecule has 0 bridgehead atoms. The molecule has 3 heteroatoms. The molecular weight excluding hydrogens is 166 g/mol. The Morgan fingerprint density at radius 1 is 1.54 bits per heavy atom. The van der Waals surface area contributed by atoms with Gasteiger partial charge in [0.25, 0.3) is 0 Å². The zero-order valence-corrected chi connectivity index (χ0v) is 8.16. The lowest BCUT2D eigenvalue weighted by Gasteiger charge is -2.17. The van der Waals surface area contributed by atoms with Crippen molar-refractivity contribution >= 4 is 0 Å². The molecule has 1 aromatic rings. The molecule has 0 saturated carbocycles. The summed E-state index contributed by atoms with van der Waals surface area (Å²) in [6, 6.07) is 2.55. The Morgan fingerprint density at radius 3 is 2.85 bits per heavy atom. The molecule has 0 saturated heterocycles. The Kier molecular flexibility index (Phi) is 3.99. The number of hydrogen-bond acceptors (Lipinski definition) is 3. The lowest BCUT2D eigenvalue weighted by Crippen LogP contribution is -2.29. The van der Waals surface area contributed by atoms with Gasteiger partial charge in [0.1, 0.15) is 0 Å². The van der Waals surface area contributed by atoms with E-state index in [-0.39, 0.29) is 12.6 Å². The quantitative estimate of drug-likeness (QED) is 0.730. The van der Waals surface area contributed by atoms with Crippen LogP contribution in [0.2, 0.25) is 0 Å². The smallest absolute Gasteiger partial charge is 0.0950 e. The largest absolute Gasteiger partial charge is 0.472 e. The topological polar surface area (TPSA) is 45.4 Å². The minimum Gasteiger partial charge on any atom is -0.472 e. The molecule has 1 unspecified atom stereocenters. The zero-order valence-electron chi connectivity index (χ0n) is 8.16. The fourth-order valence-corrected chi connectivity index (χ4v) is 1.32. The molecule has 0 spiro atoms. The van der Waals surface area contributed by atoms with Crippen molar-refractivity contribution in [1.82, 2.24) is 5.32 Å². The first-order valence-electron chi connectivity index (χ1n) is 4.63. The highest BCUT2D eigenvalue weighted by atomic mass is 16.3. The fourth-order valence-electron chi connectivity index (χ4n) is 1.32. The van der Waals surface area contributed by atoms with Gasteiger partial charge in [-0.25, -0.2) is 0 Å². The molecule has 13 heavy (non-hydrogen) atoms. The molecule has 1 aromatic heterocycles. The summed E-state index contributed by atoms with van der Waals surface area (Å²) in [5, 5.41) is 12.1. The highest BCUT2D eigenvalue weighted by Crippen LogP contribution is 2.13. The molecule has 0 aliphatic heterocycles. The van der Waals surface area contributed by atoms with Gasteiger partial charge >= 0.3 is 0 Å². The van der Waals surface area contributed by atoms with Gasteiger partial charge in [0.05, 0.1) is 12.5 Å². The maximum Gasteiger partial charge on any atom is 0.0950 e. The number of aliphatic hydroxyl groups excluding tert-OH is 1. The van der Waals surface area contributed by atoms with Gasteiger partial charge in [0.2, 0.25) is 0 Å². The Bertz CT molecular complexity index is 221. The molecule has 2 N–H and O–H groups in total. The van der Waals surface area contributed by atoms with Gasteiger partial charge in [-0.3, -0.25) is 0 Å². The summed E-state index contributed by atoms with van der Waals surface area (Å²) in [6.07, 6.45) is 4.19. The van der Waals surface area contributed by atoms with Gasteiger partial charge < -0.3 is 14.8 Å². The van der Waals surface area contributed by atoms with E-state index in [9.17, 15) is 0 Å². The number of nitrogens with one attached hydrogen (secondary N) is 1. The lowest BCUT2D eigenvalue weighted by atomic mass is 10.1. The number of furan rings is 1. The maximum absolute atomic E-state index is 8.72. The van der Waals surface area contributed by atoms with Crippen molar-refractivity contribution < 1.29 is 9.52 Å². The van der Waals surface area contributed by atoms with E-state index in [1.54, 1.807) is 12.5 Å². The third-order valence-corrected chi connectivity index (χ3v) is 2.14. The minimum atomic E-state index is 0.228. The summed E-state index contributed by atoms with van der Waals surface area (Å²) >= 11 is 0. The van der Waals surface area contributed by atoms with Crippen molar-refractivity contribution in [1.29, 1.82) is 0 Å². The van der Waals surface area contributed by atoms with Crippen LogP contribution in [0, 0.1) is 0 Å². The second kappa shape index (κ2) is 5.04. The average molecular weight is 183 g/mol. The van der Waals surface area contributed by atoms with Crippen molar-refractivity contribution in [3.8, 4) is 0 Å². The molecule has 1 heterocycles. The second-order valence-electron chi connectivity index (χ2n) is 3.36. The van der Waals surface area contributed by atoms with E-state index >= 15 is 0 Å². The van der Waals surface area contributed by atoms with Gasteiger partial charge in [0.15, 0.2) is 0 Å². The molecule has 0 aliphatic carbocycles. The van der Waals surface area contributed by atoms with Crippen molar-refractivity contribution in [2.24, 2.45) is 0 Å². The first kappa shape index (κ1) is 10.3. The maximum atomic E-state index is 8.72. The summed E-state index contributed by atoms with van der Waals surface area (Å²) in [5.41, 5.74) is 1.14. The van der Waals surface area contributed by atoms with Gasteiger partial charge in [-0.1, -0.05) is 0 Å². The lowest BCUT2D eigenvalue weighted by molar-refractivity contribution is 0.264. The summed E-state index contributed by atoms with van der Waals surface area (Å²) in [7, 11) is 0. The van der Waals surface area contributed by atoms with Crippen LogP contribution in [0.1, 0.15) is 31.9 Å². The van der Waals surface area contributed by atoms with Gasteiger partial charge in [-0.2, -0.15) is 0 Å². The Balaban J connectivity index is 2.37. The van der Waals surface area contributed by atoms with Gasteiger partial charge in [-0.05, 0) is 26.3 Å². The summed E-state index contributed by atoms with van der Waals surface area (Å²) < 4.78 is 4.99. The van der Waals surface area contributed by atoms with Crippen molar-refractivity contribution in [3.63, 3.8) is 0 Å². The van der Waals surface area contributed by atoms with Crippen LogP contribution in [0.4, 0.5) is 0 Å². The van der Waals surface area contributed by atoms with Crippen LogP contribution in [0.3, 0.4) is 0 Å². The van der Waals surface area contributed by atoms with E-state index in [1.807, 2.05) is 6.07 Å². The third kappa shape index (κ3) is 3.20. The number of hydrogen-bond donors (Lipinski definition) is 2. The molecular formula is C10H17NO2. The zero-order chi connectivity index (χ0) is 9.68. The second-order valence-corrected chi connectivity index (χ2v) is 3.36. The normalized spacial score (nSPS) is 15.6. The Morgan fingerprint density at radius 2 is 2.31 bits per heavy atom. The molecule has 74 valence electrons. The molecule has 3 nitrogen and oxygen atoms in total. The van der Waals surface area contributed by atoms with Crippen LogP contribution in [0.15, 0.2) is 23.0 Å². The number of aliphatic hydroxyl groups is 1. The Labute approximate surface area is 78.8 Å². The van der Waals surface area contributed by atoms with Crippen molar-refractivity contribution in [2.45, 2.75) is 32.4 Å². The van der Waals surface area contributed by atoms with Crippen LogP contribution in [-0.4, -0.2) is 17.8 Å².